The van der Waals surface area contributed by atoms with E-state index >= 15 is 0 Å². The lowest BCUT2D eigenvalue weighted by Crippen LogP contribution is -2.42. The zero-order valence-corrected chi connectivity index (χ0v) is 20.2. The third-order valence-electron chi connectivity index (χ3n) is 7.53. The fourth-order valence-corrected chi connectivity index (χ4v) is 5.24. The van der Waals surface area contributed by atoms with Gasteiger partial charge in [0.2, 0.25) is 0 Å². The molecule has 180 valence electrons. The number of fused-ring (bicyclic) bond motifs is 2. The topological polar surface area (TPSA) is 69.6 Å². The van der Waals surface area contributed by atoms with E-state index in [1.807, 2.05) is 24.3 Å². The maximum atomic E-state index is 10.6. The Morgan fingerprint density at radius 2 is 1.86 bits per heavy atom. The van der Waals surface area contributed by atoms with E-state index < -0.39 is 0 Å². The number of methoxy groups -OCH3 is 1. The van der Waals surface area contributed by atoms with Gasteiger partial charge in [0.05, 0.1) is 23.8 Å². The number of hydrogen-bond donors (Lipinski definition) is 3. The Morgan fingerprint density at radius 3 is 2.63 bits per heavy atom. The van der Waals surface area contributed by atoms with E-state index in [2.05, 4.69) is 39.8 Å². The first-order chi connectivity index (χ1) is 17.2. The fourth-order valence-electron chi connectivity index (χ4n) is 5.24. The molecular weight excluding hydrogens is 436 g/mol. The summed E-state index contributed by atoms with van der Waals surface area (Å²) in [6.07, 6.45) is 3.85. The van der Waals surface area contributed by atoms with E-state index in [1.165, 1.54) is 24.8 Å². The second kappa shape index (κ2) is 9.36. The van der Waals surface area contributed by atoms with Gasteiger partial charge in [0.1, 0.15) is 11.5 Å². The molecule has 0 spiro atoms. The van der Waals surface area contributed by atoms with E-state index in [1.54, 1.807) is 13.2 Å². The lowest BCUT2D eigenvalue weighted by atomic mass is 9.80. The number of anilines is 2. The Balaban J connectivity index is 1.42. The van der Waals surface area contributed by atoms with Crippen LogP contribution in [0.2, 0.25) is 0 Å². The first kappa shape index (κ1) is 22.1. The highest BCUT2D eigenvalue weighted by Crippen LogP contribution is 2.40. The van der Waals surface area contributed by atoms with Gasteiger partial charge < -0.3 is 20.5 Å². The number of benzene rings is 3. The number of aromatic hydroxyl groups is 1. The van der Waals surface area contributed by atoms with Gasteiger partial charge in [-0.2, -0.15) is 0 Å². The maximum Gasteiger partial charge on any atom is 0.120 e. The smallest absolute Gasteiger partial charge is 0.120 e. The monoisotopic (exact) mass is 468 g/mol. The van der Waals surface area contributed by atoms with Crippen molar-refractivity contribution in [3.05, 3.63) is 65.7 Å². The number of nitrogens with zero attached hydrogens (tertiary/aromatic N) is 2. The van der Waals surface area contributed by atoms with Crippen LogP contribution in [0, 0.1) is 0 Å². The number of aromatic nitrogens is 1. The Labute approximate surface area is 205 Å². The molecule has 0 atom stereocenters. The van der Waals surface area contributed by atoms with Crippen LogP contribution in [0.3, 0.4) is 0 Å². The summed E-state index contributed by atoms with van der Waals surface area (Å²) in [7, 11) is 1.69. The number of nitrogens with one attached hydrogen (secondary N) is 2. The molecule has 2 heterocycles. The summed E-state index contributed by atoms with van der Waals surface area (Å²) in [4.78, 5) is 7.39. The third-order valence-corrected chi connectivity index (χ3v) is 7.53. The van der Waals surface area contributed by atoms with Crippen LogP contribution in [-0.2, 0) is 6.54 Å². The molecule has 6 rings (SSSR count). The summed E-state index contributed by atoms with van der Waals surface area (Å²) in [5.41, 5.74) is 6.23. The van der Waals surface area contributed by atoms with Crippen LogP contribution in [0.15, 0.2) is 54.6 Å². The zero-order valence-electron chi connectivity index (χ0n) is 20.2. The Bertz CT molecular complexity index is 1380. The van der Waals surface area contributed by atoms with Gasteiger partial charge >= 0.3 is 0 Å². The lowest BCUT2D eigenvalue weighted by molar-refractivity contribution is 0.230. The molecule has 35 heavy (non-hydrogen) atoms. The van der Waals surface area contributed by atoms with E-state index in [0.717, 1.165) is 77.2 Å². The van der Waals surface area contributed by atoms with Gasteiger partial charge in [-0.15, -0.1) is 0 Å². The molecule has 6 nitrogen and oxygen atoms in total. The number of ether oxygens (including phenoxy) is 1. The number of hydrogen-bond acceptors (Lipinski definition) is 6. The molecule has 4 aromatic rings. The first-order valence-corrected chi connectivity index (χ1v) is 12.6. The van der Waals surface area contributed by atoms with Crippen molar-refractivity contribution in [2.75, 3.05) is 38.6 Å². The predicted octanol–water partition coefficient (Wildman–Crippen LogP) is 5.52. The molecule has 1 aromatic heterocycles. The van der Waals surface area contributed by atoms with Crippen LogP contribution in [0.1, 0.15) is 36.3 Å². The number of phenols is 1. The average molecular weight is 469 g/mol. The number of phenolic OH excluding ortho intramolecular Hbond substituents is 1. The minimum Gasteiger partial charge on any atom is -0.508 e. The normalized spacial score (nSPS) is 16.9. The number of pyridine rings is 1. The van der Waals surface area contributed by atoms with E-state index in [9.17, 15) is 5.11 Å². The number of rotatable bonds is 6. The molecule has 0 amide bonds. The maximum absolute atomic E-state index is 10.6. The number of piperazine rings is 1. The fraction of sp³-hybridized carbons (Fsp3) is 0.345. The molecule has 2 aliphatic rings. The average Bonchev–Trinajstić information content (AvgIpc) is 2.85. The van der Waals surface area contributed by atoms with Crippen molar-refractivity contribution in [3.8, 4) is 11.5 Å². The molecule has 0 bridgehead atoms. The molecule has 1 saturated carbocycles. The lowest BCUT2D eigenvalue weighted by Gasteiger charge is -2.27. The highest BCUT2D eigenvalue weighted by atomic mass is 16.5. The highest BCUT2D eigenvalue weighted by molar-refractivity contribution is 6.09. The molecule has 3 N–H and O–H groups in total. The van der Waals surface area contributed by atoms with Crippen molar-refractivity contribution in [3.63, 3.8) is 0 Å². The van der Waals surface area contributed by atoms with Crippen molar-refractivity contribution < 1.29 is 9.84 Å². The van der Waals surface area contributed by atoms with Gasteiger partial charge in [-0.3, -0.25) is 4.90 Å². The molecule has 1 aliphatic heterocycles. The summed E-state index contributed by atoms with van der Waals surface area (Å²) in [5.74, 6) is 1.80. The molecule has 6 heteroatoms. The van der Waals surface area contributed by atoms with Gasteiger partial charge in [-0.1, -0.05) is 18.6 Å². The summed E-state index contributed by atoms with van der Waals surface area (Å²) in [5, 5.41) is 19.7. The van der Waals surface area contributed by atoms with Crippen molar-refractivity contribution in [1.82, 2.24) is 15.2 Å². The van der Waals surface area contributed by atoms with E-state index in [-0.39, 0.29) is 0 Å². The van der Waals surface area contributed by atoms with Crippen LogP contribution in [0.4, 0.5) is 11.4 Å². The van der Waals surface area contributed by atoms with Crippen LogP contribution in [0.5, 0.6) is 11.5 Å². The standard InChI is InChI=1S/C29H32N4O2/c1-35-23-7-9-26-25(17-23)29(24-8-5-20(16-27(24)32-26)19-3-2-4-19)31-22-6-10-28(34)21(15-22)18-33-13-11-30-12-14-33/h5-10,15-17,19,30,34H,2-4,11-14,18H2,1H3,(H,31,32). The molecule has 2 fully saturated rings. The highest BCUT2D eigenvalue weighted by Gasteiger charge is 2.21. The van der Waals surface area contributed by atoms with Crippen LogP contribution >= 0.6 is 0 Å². The third kappa shape index (κ3) is 4.40. The van der Waals surface area contributed by atoms with Crippen molar-refractivity contribution in [2.24, 2.45) is 0 Å². The summed E-state index contributed by atoms with van der Waals surface area (Å²) in [6, 6.07) is 18.6. The zero-order chi connectivity index (χ0) is 23.8. The van der Waals surface area contributed by atoms with Gasteiger partial charge in [0.15, 0.2) is 0 Å². The van der Waals surface area contributed by atoms with Crippen LogP contribution in [-0.4, -0.2) is 48.3 Å². The largest absolute Gasteiger partial charge is 0.508 e. The molecule has 1 aliphatic carbocycles. The van der Waals surface area contributed by atoms with Crippen molar-refractivity contribution in [1.29, 1.82) is 0 Å². The van der Waals surface area contributed by atoms with Crippen LogP contribution in [0.25, 0.3) is 21.8 Å². The summed E-state index contributed by atoms with van der Waals surface area (Å²) in [6.45, 7) is 4.68. The molecule has 1 saturated heterocycles. The molecule has 3 aromatic carbocycles. The Kier molecular flexibility index (Phi) is 5.92. The van der Waals surface area contributed by atoms with Gasteiger partial charge in [0, 0.05) is 54.7 Å². The Hall–Kier alpha value is -3.35. The molecular formula is C29H32N4O2. The second-order valence-corrected chi connectivity index (χ2v) is 9.77. The van der Waals surface area contributed by atoms with Gasteiger partial charge in [0.25, 0.3) is 0 Å². The van der Waals surface area contributed by atoms with Crippen LogP contribution < -0.4 is 15.4 Å². The van der Waals surface area contributed by atoms with Gasteiger partial charge in [-0.05, 0) is 66.8 Å². The van der Waals surface area contributed by atoms with Gasteiger partial charge in [-0.25, -0.2) is 4.98 Å². The summed E-state index contributed by atoms with van der Waals surface area (Å²) < 4.78 is 5.53. The molecule has 0 radical (unpaired) electrons. The minimum absolute atomic E-state index is 0.338. The molecule has 0 unspecified atom stereocenters. The first-order valence-electron chi connectivity index (χ1n) is 12.6. The van der Waals surface area contributed by atoms with E-state index in [0.29, 0.717) is 11.7 Å². The predicted molar refractivity (Wildman–Crippen MR) is 142 cm³/mol. The SMILES string of the molecule is COc1ccc2nc3cc(C4CCC4)ccc3c(Nc3ccc(O)c(CN4CCNCC4)c3)c2c1. The summed E-state index contributed by atoms with van der Waals surface area (Å²) >= 11 is 0. The van der Waals surface area contributed by atoms with Crippen molar-refractivity contribution in [2.45, 2.75) is 31.7 Å². The quantitative estimate of drug-likeness (QED) is 0.256. The Morgan fingerprint density at radius 1 is 1.00 bits per heavy atom. The minimum atomic E-state index is 0.338. The van der Waals surface area contributed by atoms with E-state index in [4.69, 9.17) is 9.72 Å². The van der Waals surface area contributed by atoms with Crippen molar-refractivity contribution >= 4 is 33.2 Å². The second-order valence-electron chi connectivity index (χ2n) is 9.77.